The van der Waals surface area contributed by atoms with Crippen LogP contribution in [-0.4, -0.2) is 22.9 Å². The molecule has 26 heavy (non-hydrogen) atoms. The third kappa shape index (κ3) is 3.15. The van der Waals surface area contributed by atoms with Crippen LogP contribution in [0.15, 0.2) is 68.6 Å². The normalized spacial score (nSPS) is 12.5. The minimum Gasteiger partial charge on any atom is -0.361 e. The van der Waals surface area contributed by atoms with Crippen molar-refractivity contribution in [2.45, 2.75) is 0 Å². The molecule has 0 fully saturated rings. The van der Waals surface area contributed by atoms with Crippen molar-refractivity contribution in [3.05, 3.63) is 74.7 Å². The molecule has 4 rings (SSSR count). The van der Waals surface area contributed by atoms with Gasteiger partial charge in [-0.15, -0.1) is 11.3 Å². The van der Waals surface area contributed by atoms with Crippen molar-refractivity contribution >= 4 is 44.4 Å². The molecule has 0 saturated carbocycles. The highest BCUT2D eigenvalue weighted by atomic mass is 79.9. The number of aromatic nitrogens is 2. The molecule has 0 aliphatic rings. The number of nitrogens with one attached hydrogen (secondary N) is 1. The zero-order chi connectivity index (χ0) is 18.1. The monoisotopic (exact) mass is 428 g/mol. The molecule has 0 radical (unpaired) electrons. The van der Waals surface area contributed by atoms with Crippen LogP contribution in [0.5, 0.6) is 0 Å². The summed E-state index contributed by atoms with van der Waals surface area (Å²) in [6.07, 6.45) is 3.73. The Kier molecular flexibility index (Phi) is 4.57. The highest BCUT2D eigenvalue weighted by molar-refractivity contribution is 9.10. The van der Waals surface area contributed by atoms with Gasteiger partial charge in [-0.3, -0.25) is 4.99 Å². The van der Waals surface area contributed by atoms with Gasteiger partial charge in [0.15, 0.2) is 0 Å². The van der Waals surface area contributed by atoms with E-state index in [-0.39, 0.29) is 5.82 Å². The Bertz CT molecular complexity index is 1170. The third-order valence-corrected chi connectivity index (χ3v) is 5.41. The highest BCUT2D eigenvalue weighted by Crippen LogP contribution is 2.23. The summed E-state index contributed by atoms with van der Waals surface area (Å²) in [6, 6.07) is 12.4. The van der Waals surface area contributed by atoms with Crippen LogP contribution in [0.25, 0.3) is 22.2 Å². The molecule has 0 saturated heterocycles. The predicted octanol–water partition coefficient (Wildman–Crippen LogP) is 5.01. The van der Waals surface area contributed by atoms with E-state index in [2.05, 4.69) is 37.1 Å². The number of aromatic amines is 1. The van der Waals surface area contributed by atoms with Crippen molar-refractivity contribution in [2.75, 3.05) is 7.05 Å². The first-order valence-electron chi connectivity index (χ1n) is 7.86. The summed E-state index contributed by atoms with van der Waals surface area (Å²) >= 11 is 5.00. The van der Waals surface area contributed by atoms with Gasteiger partial charge in [-0.1, -0.05) is 15.9 Å². The molecule has 0 atom stereocenters. The van der Waals surface area contributed by atoms with Gasteiger partial charge in [0, 0.05) is 45.1 Å². The third-order valence-electron chi connectivity index (χ3n) is 4.00. The lowest BCUT2D eigenvalue weighted by atomic mass is 10.2. The molecule has 2 aromatic heterocycles. The predicted molar refractivity (Wildman–Crippen MR) is 108 cm³/mol. The van der Waals surface area contributed by atoms with Crippen LogP contribution in [0, 0.1) is 5.82 Å². The Hall–Kier alpha value is -2.51. The zero-order valence-electron chi connectivity index (χ0n) is 13.8. The maximum atomic E-state index is 13.2. The van der Waals surface area contributed by atoms with E-state index in [0.717, 1.165) is 37.0 Å². The van der Waals surface area contributed by atoms with Gasteiger partial charge in [0.25, 0.3) is 0 Å². The van der Waals surface area contributed by atoms with E-state index >= 15 is 0 Å². The van der Waals surface area contributed by atoms with Crippen molar-refractivity contribution in [1.82, 2.24) is 9.66 Å². The summed E-state index contributed by atoms with van der Waals surface area (Å²) < 4.78 is 16.0. The molecule has 0 unspecified atom stereocenters. The lowest BCUT2D eigenvalue weighted by Crippen LogP contribution is -2.11. The standard InChI is InChI=1S/C19H14BrFN4S/c1-22-19-25(18(11-26-19)12-2-5-15(21)6-3-12)24-10-13-9-23-17-7-4-14(20)8-16(13)17/h2-11,23H,1H3. The summed E-state index contributed by atoms with van der Waals surface area (Å²) in [5.41, 5.74) is 3.78. The second-order valence-corrected chi connectivity index (χ2v) is 7.38. The van der Waals surface area contributed by atoms with Crippen LogP contribution in [-0.2, 0) is 0 Å². The first kappa shape index (κ1) is 16.9. The topological polar surface area (TPSA) is 45.4 Å². The average molecular weight is 429 g/mol. The number of benzene rings is 2. The number of hydrogen-bond donors (Lipinski definition) is 1. The fraction of sp³-hybridized carbons (Fsp3) is 0.0526. The Labute approximate surface area is 161 Å². The van der Waals surface area contributed by atoms with Gasteiger partial charge in [-0.05, 0) is 42.5 Å². The Balaban J connectivity index is 1.80. The number of nitrogens with zero attached hydrogens (tertiary/aromatic N) is 3. The molecule has 7 heteroatoms. The van der Waals surface area contributed by atoms with E-state index in [0.29, 0.717) is 0 Å². The molecule has 1 N–H and O–H groups in total. The van der Waals surface area contributed by atoms with E-state index in [1.807, 2.05) is 23.7 Å². The molecular weight excluding hydrogens is 415 g/mol. The second-order valence-electron chi connectivity index (χ2n) is 5.62. The second kappa shape index (κ2) is 7.01. The first-order valence-corrected chi connectivity index (χ1v) is 9.53. The fourth-order valence-electron chi connectivity index (χ4n) is 2.72. The van der Waals surface area contributed by atoms with Gasteiger partial charge in [-0.2, -0.15) is 5.10 Å². The number of H-pyrrole nitrogens is 1. The summed E-state index contributed by atoms with van der Waals surface area (Å²) in [6.45, 7) is 0. The highest BCUT2D eigenvalue weighted by Gasteiger charge is 2.08. The lowest BCUT2D eigenvalue weighted by molar-refractivity contribution is 0.628. The van der Waals surface area contributed by atoms with Crippen LogP contribution in [0.1, 0.15) is 5.56 Å². The average Bonchev–Trinajstić information content (AvgIpc) is 3.24. The van der Waals surface area contributed by atoms with Crippen molar-refractivity contribution < 1.29 is 4.39 Å². The van der Waals surface area contributed by atoms with Gasteiger partial charge < -0.3 is 4.98 Å². The summed E-state index contributed by atoms with van der Waals surface area (Å²) in [4.78, 5) is 8.30. The van der Waals surface area contributed by atoms with Crippen LogP contribution in [0.3, 0.4) is 0 Å². The zero-order valence-corrected chi connectivity index (χ0v) is 16.2. The van der Waals surface area contributed by atoms with E-state index in [4.69, 9.17) is 0 Å². The summed E-state index contributed by atoms with van der Waals surface area (Å²) in [5.74, 6) is -0.260. The molecule has 0 aliphatic heterocycles. The Morgan fingerprint density at radius 3 is 2.77 bits per heavy atom. The summed E-state index contributed by atoms with van der Waals surface area (Å²) in [5, 5.41) is 7.69. The number of thiazole rings is 1. The quantitative estimate of drug-likeness (QED) is 0.445. The lowest BCUT2D eigenvalue weighted by Gasteiger charge is -2.03. The van der Waals surface area contributed by atoms with Gasteiger partial charge in [0.05, 0.1) is 11.9 Å². The Morgan fingerprint density at radius 2 is 2.00 bits per heavy atom. The molecule has 2 aromatic carbocycles. The van der Waals surface area contributed by atoms with E-state index < -0.39 is 0 Å². The van der Waals surface area contributed by atoms with Crippen molar-refractivity contribution in [1.29, 1.82) is 0 Å². The molecule has 0 spiro atoms. The number of rotatable bonds is 3. The number of hydrogen-bond acceptors (Lipinski definition) is 3. The number of fused-ring (bicyclic) bond motifs is 1. The van der Waals surface area contributed by atoms with Crippen molar-refractivity contribution in [3.8, 4) is 11.3 Å². The van der Waals surface area contributed by atoms with Gasteiger partial charge in [0.2, 0.25) is 4.80 Å². The minimum atomic E-state index is -0.260. The van der Waals surface area contributed by atoms with E-state index in [1.54, 1.807) is 30.1 Å². The maximum Gasteiger partial charge on any atom is 0.205 e. The smallest absolute Gasteiger partial charge is 0.205 e. The molecule has 0 amide bonds. The first-order chi connectivity index (χ1) is 12.7. The molecular formula is C19H14BrFN4S. The van der Waals surface area contributed by atoms with Crippen LogP contribution >= 0.6 is 27.3 Å². The summed E-state index contributed by atoms with van der Waals surface area (Å²) in [7, 11) is 1.73. The minimum absolute atomic E-state index is 0.260. The largest absolute Gasteiger partial charge is 0.361 e. The molecule has 4 aromatic rings. The molecule has 0 aliphatic carbocycles. The van der Waals surface area contributed by atoms with Gasteiger partial charge in [0.1, 0.15) is 5.82 Å². The molecule has 2 heterocycles. The SMILES string of the molecule is CN=c1scc(-c2ccc(F)cc2)n1N=Cc1c[nH]c2ccc(Br)cc12. The maximum absolute atomic E-state index is 13.2. The van der Waals surface area contributed by atoms with Crippen molar-refractivity contribution in [2.24, 2.45) is 10.1 Å². The van der Waals surface area contributed by atoms with Crippen LogP contribution < -0.4 is 4.80 Å². The Morgan fingerprint density at radius 1 is 1.19 bits per heavy atom. The van der Waals surface area contributed by atoms with E-state index in [9.17, 15) is 4.39 Å². The number of halogens is 2. The molecule has 4 nitrogen and oxygen atoms in total. The van der Waals surface area contributed by atoms with Crippen LogP contribution in [0.2, 0.25) is 0 Å². The van der Waals surface area contributed by atoms with Crippen LogP contribution in [0.4, 0.5) is 4.39 Å². The van der Waals surface area contributed by atoms with E-state index in [1.165, 1.54) is 23.5 Å². The molecule has 0 bridgehead atoms. The fourth-order valence-corrected chi connectivity index (χ4v) is 3.89. The van der Waals surface area contributed by atoms with Gasteiger partial charge >= 0.3 is 0 Å². The van der Waals surface area contributed by atoms with Crippen molar-refractivity contribution in [3.63, 3.8) is 0 Å². The van der Waals surface area contributed by atoms with Gasteiger partial charge in [-0.25, -0.2) is 9.07 Å². The molecule has 130 valence electrons.